The van der Waals surface area contributed by atoms with Crippen molar-refractivity contribution in [3.05, 3.63) is 24.2 Å². The number of carbonyl (C=O) groups is 2. The molecular weight excluding hydrogens is 262 g/mol. The Bertz CT molecular complexity index is 519. The summed E-state index contributed by atoms with van der Waals surface area (Å²) in [4.78, 5) is 22.4. The molecule has 7 nitrogen and oxygen atoms in total. The zero-order valence-electron chi connectivity index (χ0n) is 9.62. The molecular formula is C10H13NO6S. The highest BCUT2D eigenvalue weighted by atomic mass is 32.2. The van der Waals surface area contributed by atoms with Crippen molar-refractivity contribution in [3.8, 4) is 0 Å². The lowest BCUT2D eigenvalue weighted by Crippen LogP contribution is -2.41. The van der Waals surface area contributed by atoms with Crippen LogP contribution in [0.25, 0.3) is 0 Å². The van der Waals surface area contributed by atoms with Crippen LogP contribution in [0.2, 0.25) is 0 Å². The lowest BCUT2D eigenvalue weighted by Gasteiger charge is -2.12. The number of amides is 1. The van der Waals surface area contributed by atoms with Gasteiger partial charge in [0.15, 0.2) is 5.76 Å². The van der Waals surface area contributed by atoms with E-state index >= 15 is 0 Å². The predicted molar refractivity (Wildman–Crippen MR) is 61.9 cm³/mol. The summed E-state index contributed by atoms with van der Waals surface area (Å²) in [7, 11) is -3.28. The third-order valence-corrected chi connectivity index (χ3v) is 3.10. The molecule has 2 N–H and O–H groups in total. The number of furan rings is 1. The summed E-state index contributed by atoms with van der Waals surface area (Å²) in [6.07, 6.45) is 2.09. The smallest absolute Gasteiger partial charge is 0.326 e. The molecule has 0 aromatic carbocycles. The van der Waals surface area contributed by atoms with Crippen molar-refractivity contribution in [3.63, 3.8) is 0 Å². The Balaban J connectivity index is 2.64. The summed E-state index contributed by atoms with van der Waals surface area (Å²) in [5.74, 6) is -2.33. The van der Waals surface area contributed by atoms with Crippen LogP contribution < -0.4 is 5.32 Å². The largest absolute Gasteiger partial charge is 0.480 e. The van der Waals surface area contributed by atoms with Crippen LogP contribution in [0.5, 0.6) is 0 Å². The number of nitrogens with one attached hydrogen (secondary N) is 1. The Morgan fingerprint density at radius 1 is 1.50 bits per heavy atom. The van der Waals surface area contributed by atoms with Crippen molar-refractivity contribution in [2.24, 2.45) is 0 Å². The van der Waals surface area contributed by atoms with Gasteiger partial charge in [-0.2, -0.15) is 0 Å². The number of sulfone groups is 1. The van der Waals surface area contributed by atoms with Crippen LogP contribution in [-0.4, -0.2) is 43.5 Å². The molecule has 1 atom stereocenters. The van der Waals surface area contributed by atoms with Crippen LogP contribution in [0.15, 0.2) is 22.8 Å². The van der Waals surface area contributed by atoms with Crippen molar-refractivity contribution in [2.75, 3.05) is 12.0 Å². The third-order valence-electron chi connectivity index (χ3n) is 2.13. The van der Waals surface area contributed by atoms with Crippen molar-refractivity contribution in [2.45, 2.75) is 12.5 Å². The van der Waals surface area contributed by atoms with Gasteiger partial charge < -0.3 is 14.8 Å². The van der Waals surface area contributed by atoms with Gasteiger partial charge in [-0.05, 0) is 18.6 Å². The standard InChI is InChI=1S/C10H13NO6S/c1-18(15,16)6-4-7(10(13)14)11-9(12)8-3-2-5-17-8/h2-3,5,7H,4,6H2,1H3,(H,11,12)(H,13,14). The average molecular weight is 275 g/mol. The van der Waals surface area contributed by atoms with Gasteiger partial charge >= 0.3 is 5.97 Å². The van der Waals surface area contributed by atoms with Crippen LogP contribution in [0.3, 0.4) is 0 Å². The second-order valence-corrected chi connectivity index (χ2v) is 6.02. The van der Waals surface area contributed by atoms with E-state index in [2.05, 4.69) is 5.32 Å². The maximum absolute atomic E-state index is 11.5. The highest BCUT2D eigenvalue weighted by molar-refractivity contribution is 7.90. The highest BCUT2D eigenvalue weighted by Crippen LogP contribution is 2.03. The van der Waals surface area contributed by atoms with Crippen molar-refractivity contribution in [1.82, 2.24) is 5.32 Å². The van der Waals surface area contributed by atoms with Crippen LogP contribution in [0.4, 0.5) is 0 Å². The molecule has 1 unspecified atom stereocenters. The van der Waals surface area contributed by atoms with Crippen molar-refractivity contribution < 1.29 is 27.5 Å². The Labute approximate surface area is 104 Å². The molecule has 1 aromatic heterocycles. The van der Waals surface area contributed by atoms with E-state index in [0.717, 1.165) is 6.26 Å². The lowest BCUT2D eigenvalue weighted by molar-refractivity contribution is -0.139. The molecule has 1 rings (SSSR count). The van der Waals surface area contributed by atoms with Gasteiger partial charge in [0.25, 0.3) is 5.91 Å². The second kappa shape index (κ2) is 5.67. The monoisotopic (exact) mass is 275 g/mol. The number of aliphatic carboxylic acids is 1. The molecule has 0 radical (unpaired) electrons. The van der Waals surface area contributed by atoms with E-state index in [4.69, 9.17) is 9.52 Å². The number of hydrogen-bond acceptors (Lipinski definition) is 5. The summed E-state index contributed by atoms with van der Waals surface area (Å²) < 4.78 is 26.7. The Hall–Kier alpha value is -1.83. The van der Waals surface area contributed by atoms with Gasteiger partial charge in [0.1, 0.15) is 15.9 Å². The molecule has 1 heterocycles. The fraction of sp³-hybridized carbons (Fsp3) is 0.400. The molecule has 0 spiro atoms. The van der Waals surface area contributed by atoms with E-state index < -0.39 is 27.8 Å². The molecule has 0 fully saturated rings. The maximum atomic E-state index is 11.5. The van der Waals surface area contributed by atoms with Crippen LogP contribution in [0.1, 0.15) is 17.0 Å². The molecule has 0 aliphatic rings. The Kier molecular flexibility index (Phi) is 4.49. The number of carbonyl (C=O) groups excluding carboxylic acids is 1. The normalized spacial score (nSPS) is 12.9. The minimum atomic E-state index is -3.28. The van der Waals surface area contributed by atoms with Crippen molar-refractivity contribution >= 4 is 21.7 Å². The fourth-order valence-electron chi connectivity index (χ4n) is 1.23. The van der Waals surface area contributed by atoms with Crippen LogP contribution >= 0.6 is 0 Å². The van der Waals surface area contributed by atoms with Crippen LogP contribution in [0, 0.1) is 0 Å². The first-order valence-electron chi connectivity index (χ1n) is 5.04. The van der Waals surface area contributed by atoms with E-state index in [9.17, 15) is 18.0 Å². The van der Waals surface area contributed by atoms with Crippen molar-refractivity contribution in [1.29, 1.82) is 0 Å². The quantitative estimate of drug-likeness (QED) is 0.749. The first kappa shape index (κ1) is 14.2. The molecule has 8 heteroatoms. The number of rotatable bonds is 6. The second-order valence-electron chi connectivity index (χ2n) is 3.76. The molecule has 0 saturated heterocycles. The van der Waals surface area contributed by atoms with E-state index in [0.29, 0.717) is 0 Å². The number of carboxylic acids is 1. The van der Waals surface area contributed by atoms with E-state index in [1.54, 1.807) is 0 Å². The molecule has 0 saturated carbocycles. The summed E-state index contributed by atoms with van der Waals surface area (Å²) in [6.45, 7) is 0. The van der Waals surface area contributed by atoms with Gasteiger partial charge in [0.2, 0.25) is 0 Å². The topological polar surface area (TPSA) is 114 Å². The summed E-state index contributed by atoms with van der Waals surface area (Å²) in [5, 5.41) is 11.1. The average Bonchev–Trinajstić information content (AvgIpc) is 2.75. The minimum absolute atomic E-state index is 0.0272. The van der Waals surface area contributed by atoms with E-state index in [1.807, 2.05) is 0 Å². The summed E-state index contributed by atoms with van der Waals surface area (Å²) in [6, 6.07) is 1.60. The van der Waals surface area contributed by atoms with E-state index in [-0.39, 0.29) is 17.9 Å². The SMILES string of the molecule is CS(=O)(=O)CCC(NC(=O)c1ccco1)C(=O)O. The zero-order chi connectivity index (χ0) is 13.8. The highest BCUT2D eigenvalue weighted by Gasteiger charge is 2.23. The molecule has 0 bridgehead atoms. The third kappa shape index (κ3) is 4.58. The Morgan fingerprint density at radius 2 is 2.17 bits per heavy atom. The summed E-state index contributed by atoms with van der Waals surface area (Å²) in [5.41, 5.74) is 0. The van der Waals surface area contributed by atoms with Gasteiger partial charge in [-0.25, -0.2) is 13.2 Å². The van der Waals surface area contributed by atoms with Crippen LogP contribution in [-0.2, 0) is 14.6 Å². The molecule has 1 aromatic rings. The Morgan fingerprint density at radius 3 is 2.61 bits per heavy atom. The first-order valence-corrected chi connectivity index (χ1v) is 7.10. The summed E-state index contributed by atoms with van der Waals surface area (Å²) >= 11 is 0. The van der Waals surface area contributed by atoms with Gasteiger partial charge in [0, 0.05) is 6.26 Å². The molecule has 1 amide bonds. The lowest BCUT2D eigenvalue weighted by atomic mass is 10.2. The van der Waals surface area contributed by atoms with Gasteiger partial charge in [0.05, 0.1) is 12.0 Å². The number of carboxylic acid groups (broad SMARTS) is 1. The van der Waals surface area contributed by atoms with Gasteiger partial charge in [-0.3, -0.25) is 4.79 Å². The first-order chi connectivity index (χ1) is 8.29. The molecule has 100 valence electrons. The maximum Gasteiger partial charge on any atom is 0.326 e. The molecule has 0 aliphatic heterocycles. The predicted octanol–water partition coefficient (Wildman–Crippen LogP) is -0.103. The molecule has 0 aliphatic carbocycles. The number of hydrogen-bond donors (Lipinski definition) is 2. The molecule has 18 heavy (non-hydrogen) atoms. The van der Waals surface area contributed by atoms with E-state index in [1.165, 1.54) is 18.4 Å². The minimum Gasteiger partial charge on any atom is -0.480 e. The fourth-order valence-corrected chi connectivity index (χ4v) is 1.89. The van der Waals surface area contributed by atoms with Gasteiger partial charge in [-0.15, -0.1) is 0 Å². The zero-order valence-corrected chi connectivity index (χ0v) is 10.4. The van der Waals surface area contributed by atoms with Gasteiger partial charge in [-0.1, -0.05) is 0 Å².